The van der Waals surface area contributed by atoms with Crippen molar-refractivity contribution in [3.63, 3.8) is 0 Å². The highest BCUT2D eigenvalue weighted by atomic mass is 16.3. The standard InChI is InChI=1S/C11H15N3O/c1-2-9(12)11(10-5-3-8-15-10)14-7-4-6-13-14/h3-9,11H,2,12H2,1H3. The van der Waals surface area contributed by atoms with Crippen LogP contribution in [0.15, 0.2) is 41.3 Å². The quantitative estimate of drug-likeness (QED) is 0.828. The van der Waals surface area contributed by atoms with Crippen LogP contribution in [-0.4, -0.2) is 15.8 Å². The first-order valence-electron chi connectivity index (χ1n) is 5.11. The number of rotatable bonds is 4. The predicted octanol–water partition coefficient (Wildman–Crippen LogP) is 1.80. The highest BCUT2D eigenvalue weighted by Gasteiger charge is 2.22. The van der Waals surface area contributed by atoms with Crippen molar-refractivity contribution < 1.29 is 4.42 Å². The van der Waals surface area contributed by atoms with Crippen LogP contribution in [0.2, 0.25) is 0 Å². The molecule has 2 rings (SSSR count). The summed E-state index contributed by atoms with van der Waals surface area (Å²) >= 11 is 0. The fraction of sp³-hybridized carbons (Fsp3) is 0.364. The van der Waals surface area contributed by atoms with Gasteiger partial charge >= 0.3 is 0 Å². The van der Waals surface area contributed by atoms with E-state index in [1.54, 1.807) is 12.5 Å². The van der Waals surface area contributed by atoms with E-state index < -0.39 is 0 Å². The lowest BCUT2D eigenvalue weighted by molar-refractivity contribution is 0.351. The minimum Gasteiger partial charge on any atom is -0.467 e. The second-order valence-corrected chi connectivity index (χ2v) is 3.52. The summed E-state index contributed by atoms with van der Waals surface area (Å²) in [4.78, 5) is 0. The average Bonchev–Trinajstić information content (AvgIpc) is 2.90. The zero-order valence-corrected chi connectivity index (χ0v) is 8.71. The molecule has 2 N–H and O–H groups in total. The number of aromatic nitrogens is 2. The van der Waals surface area contributed by atoms with Gasteiger partial charge in [0.15, 0.2) is 0 Å². The van der Waals surface area contributed by atoms with Crippen LogP contribution in [0.1, 0.15) is 25.1 Å². The molecule has 0 bridgehead atoms. The van der Waals surface area contributed by atoms with Crippen molar-refractivity contribution in [1.29, 1.82) is 0 Å². The Morgan fingerprint density at radius 2 is 2.40 bits per heavy atom. The van der Waals surface area contributed by atoms with Crippen molar-refractivity contribution in [2.24, 2.45) is 5.73 Å². The van der Waals surface area contributed by atoms with E-state index in [1.165, 1.54) is 0 Å². The molecule has 2 atom stereocenters. The Morgan fingerprint density at radius 3 is 2.93 bits per heavy atom. The number of hydrogen-bond donors (Lipinski definition) is 1. The molecule has 0 spiro atoms. The lowest BCUT2D eigenvalue weighted by Gasteiger charge is -2.21. The van der Waals surface area contributed by atoms with Crippen LogP contribution in [0.4, 0.5) is 0 Å². The SMILES string of the molecule is CCC(N)C(c1ccco1)n1cccn1. The third-order valence-electron chi connectivity index (χ3n) is 2.52. The van der Waals surface area contributed by atoms with E-state index in [9.17, 15) is 0 Å². The maximum atomic E-state index is 6.08. The molecule has 4 heteroatoms. The summed E-state index contributed by atoms with van der Waals surface area (Å²) in [6.07, 6.45) is 6.19. The van der Waals surface area contributed by atoms with Gasteiger partial charge in [-0.25, -0.2) is 0 Å². The third-order valence-corrected chi connectivity index (χ3v) is 2.52. The molecule has 0 fully saturated rings. The molecule has 2 unspecified atom stereocenters. The number of nitrogens with zero attached hydrogens (tertiary/aromatic N) is 2. The Morgan fingerprint density at radius 1 is 1.53 bits per heavy atom. The lowest BCUT2D eigenvalue weighted by Crippen LogP contribution is -2.32. The molecule has 0 saturated carbocycles. The molecular weight excluding hydrogens is 190 g/mol. The van der Waals surface area contributed by atoms with Crippen molar-refractivity contribution in [3.05, 3.63) is 42.6 Å². The molecule has 2 aromatic rings. The molecule has 2 aromatic heterocycles. The largest absolute Gasteiger partial charge is 0.467 e. The van der Waals surface area contributed by atoms with Crippen molar-refractivity contribution in [2.75, 3.05) is 0 Å². The van der Waals surface area contributed by atoms with Gasteiger partial charge in [-0.3, -0.25) is 4.68 Å². The van der Waals surface area contributed by atoms with Crippen LogP contribution in [-0.2, 0) is 0 Å². The predicted molar refractivity (Wildman–Crippen MR) is 57.3 cm³/mol. The van der Waals surface area contributed by atoms with E-state index >= 15 is 0 Å². The summed E-state index contributed by atoms with van der Waals surface area (Å²) in [7, 11) is 0. The van der Waals surface area contributed by atoms with Crippen LogP contribution >= 0.6 is 0 Å². The highest BCUT2D eigenvalue weighted by molar-refractivity contribution is 5.09. The minimum absolute atomic E-state index is 0.0102. The first-order valence-corrected chi connectivity index (χ1v) is 5.11. The normalized spacial score (nSPS) is 15.1. The second kappa shape index (κ2) is 4.31. The van der Waals surface area contributed by atoms with Crippen LogP contribution < -0.4 is 5.73 Å². The molecule has 0 aromatic carbocycles. The Labute approximate surface area is 88.7 Å². The minimum atomic E-state index is -0.0139. The Balaban J connectivity index is 2.33. The number of hydrogen-bond acceptors (Lipinski definition) is 3. The molecule has 0 amide bonds. The Bertz CT molecular complexity index is 346. The van der Waals surface area contributed by atoms with E-state index in [0.29, 0.717) is 0 Å². The summed E-state index contributed by atoms with van der Waals surface area (Å²) in [5, 5.41) is 4.22. The van der Waals surface area contributed by atoms with Crippen LogP contribution in [0, 0.1) is 0 Å². The number of furan rings is 1. The maximum Gasteiger partial charge on any atom is 0.129 e. The van der Waals surface area contributed by atoms with Gasteiger partial charge in [-0.05, 0) is 24.6 Å². The zero-order chi connectivity index (χ0) is 10.7. The first-order chi connectivity index (χ1) is 7.33. The van der Waals surface area contributed by atoms with Gasteiger partial charge in [-0.15, -0.1) is 0 Å². The van der Waals surface area contributed by atoms with E-state index in [4.69, 9.17) is 10.2 Å². The lowest BCUT2D eigenvalue weighted by atomic mass is 10.0. The summed E-state index contributed by atoms with van der Waals surface area (Å²) in [5.41, 5.74) is 6.08. The van der Waals surface area contributed by atoms with Gasteiger partial charge in [-0.1, -0.05) is 6.92 Å². The maximum absolute atomic E-state index is 6.08. The van der Waals surface area contributed by atoms with Gasteiger partial charge < -0.3 is 10.2 Å². The highest BCUT2D eigenvalue weighted by Crippen LogP contribution is 2.22. The van der Waals surface area contributed by atoms with Crippen molar-refractivity contribution in [1.82, 2.24) is 9.78 Å². The Hall–Kier alpha value is -1.55. The van der Waals surface area contributed by atoms with Crippen LogP contribution in [0.3, 0.4) is 0 Å². The summed E-state index contributed by atoms with van der Waals surface area (Å²) in [5.74, 6) is 0.855. The smallest absolute Gasteiger partial charge is 0.129 e. The van der Waals surface area contributed by atoms with E-state index in [1.807, 2.05) is 29.1 Å². The van der Waals surface area contributed by atoms with Crippen LogP contribution in [0.25, 0.3) is 0 Å². The fourth-order valence-corrected chi connectivity index (χ4v) is 1.67. The van der Waals surface area contributed by atoms with Crippen molar-refractivity contribution in [2.45, 2.75) is 25.4 Å². The van der Waals surface area contributed by atoms with Gasteiger partial charge in [0, 0.05) is 18.4 Å². The zero-order valence-electron chi connectivity index (χ0n) is 8.71. The van der Waals surface area contributed by atoms with Gasteiger partial charge in [0.2, 0.25) is 0 Å². The van der Waals surface area contributed by atoms with E-state index in [2.05, 4.69) is 12.0 Å². The molecule has 80 valence electrons. The van der Waals surface area contributed by atoms with Crippen LogP contribution in [0.5, 0.6) is 0 Å². The average molecular weight is 205 g/mol. The van der Waals surface area contributed by atoms with E-state index in [0.717, 1.165) is 12.2 Å². The Kier molecular flexibility index (Phi) is 2.87. The second-order valence-electron chi connectivity index (χ2n) is 3.52. The van der Waals surface area contributed by atoms with E-state index in [-0.39, 0.29) is 12.1 Å². The molecular formula is C11H15N3O. The molecule has 0 aliphatic heterocycles. The molecule has 0 radical (unpaired) electrons. The van der Waals surface area contributed by atoms with Gasteiger partial charge in [0.1, 0.15) is 11.8 Å². The molecule has 4 nitrogen and oxygen atoms in total. The molecule has 2 heterocycles. The molecule has 0 aliphatic rings. The summed E-state index contributed by atoms with van der Waals surface area (Å²) in [6, 6.07) is 5.69. The molecule has 0 aliphatic carbocycles. The van der Waals surface area contributed by atoms with Gasteiger partial charge in [0.25, 0.3) is 0 Å². The fourth-order valence-electron chi connectivity index (χ4n) is 1.67. The van der Waals surface area contributed by atoms with Crippen molar-refractivity contribution in [3.8, 4) is 0 Å². The van der Waals surface area contributed by atoms with Gasteiger partial charge in [-0.2, -0.15) is 5.10 Å². The molecule has 15 heavy (non-hydrogen) atoms. The third kappa shape index (κ3) is 1.94. The van der Waals surface area contributed by atoms with Gasteiger partial charge in [0.05, 0.1) is 6.26 Å². The molecule has 0 saturated heterocycles. The summed E-state index contributed by atoms with van der Waals surface area (Å²) in [6.45, 7) is 2.06. The van der Waals surface area contributed by atoms with Crippen molar-refractivity contribution >= 4 is 0 Å². The first kappa shape index (κ1) is 9.98. The monoisotopic (exact) mass is 205 g/mol. The topological polar surface area (TPSA) is 57.0 Å². The number of nitrogens with two attached hydrogens (primary N) is 1. The summed E-state index contributed by atoms with van der Waals surface area (Å²) < 4.78 is 7.24.